The summed E-state index contributed by atoms with van der Waals surface area (Å²) in [5, 5.41) is 0. The first-order valence-electron chi connectivity index (χ1n) is 13.4. The molecule has 0 unspecified atom stereocenters. The predicted molar refractivity (Wildman–Crippen MR) is 169 cm³/mol. The second kappa shape index (κ2) is 18.3. The third kappa shape index (κ3) is 11.6. The molecule has 6 heteroatoms. The normalized spacial score (nSPS) is 10.4. The van der Waals surface area contributed by atoms with Crippen molar-refractivity contribution in [1.82, 2.24) is 0 Å². The van der Waals surface area contributed by atoms with Gasteiger partial charge in [-0.1, -0.05) is 61.7 Å². The van der Waals surface area contributed by atoms with E-state index in [0.717, 1.165) is 33.8 Å². The first-order chi connectivity index (χ1) is 20.3. The summed E-state index contributed by atoms with van der Waals surface area (Å²) in [5.74, 6) is 0.674. The van der Waals surface area contributed by atoms with Gasteiger partial charge in [0.15, 0.2) is 0 Å². The monoisotopic (exact) mass is 566 g/mol. The number of carbonyl (C=O) groups excluding carboxylic acids is 2. The van der Waals surface area contributed by atoms with Crippen LogP contribution in [0.1, 0.15) is 26.7 Å². The van der Waals surface area contributed by atoms with Crippen LogP contribution in [-0.4, -0.2) is 25.2 Å². The first-order valence-corrected chi connectivity index (χ1v) is 13.4. The van der Waals surface area contributed by atoms with Crippen molar-refractivity contribution in [1.29, 1.82) is 0 Å². The minimum Gasteiger partial charge on any atom is -0.493 e. The second-order valence-electron chi connectivity index (χ2n) is 9.02. The number of benzene rings is 3. The van der Waals surface area contributed by atoms with E-state index >= 15 is 0 Å². The summed E-state index contributed by atoms with van der Waals surface area (Å²) in [6.45, 7) is 17.2. The quantitative estimate of drug-likeness (QED) is 0.0640. The van der Waals surface area contributed by atoms with Crippen LogP contribution in [0.25, 0.3) is 22.3 Å². The molecule has 0 fully saturated rings. The van der Waals surface area contributed by atoms with Gasteiger partial charge in [0.05, 0.1) is 25.7 Å². The smallest absolute Gasteiger partial charge is 0.337 e. The molecule has 6 nitrogen and oxygen atoms in total. The van der Waals surface area contributed by atoms with E-state index < -0.39 is 11.9 Å². The number of carbonyl (C=O) groups is 2. The van der Waals surface area contributed by atoms with E-state index in [1.807, 2.05) is 48.5 Å². The molecule has 0 aliphatic heterocycles. The molecule has 0 aliphatic rings. The number of ether oxygens (including phenoxy) is 4. The third-order valence-electron chi connectivity index (χ3n) is 5.61. The molecule has 0 radical (unpaired) electrons. The van der Waals surface area contributed by atoms with Gasteiger partial charge in [-0.05, 0) is 72.5 Å². The summed E-state index contributed by atoms with van der Waals surface area (Å²) < 4.78 is 21.3. The van der Waals surface area contributed by atoms with Crippen LogP contribution in [-0.2, 0) is 19.1 Å². The van der Waals surface area contributed by atoms with Crippen molar-refractivity contribution in [2.24, 2.45) is 0 Å². The lowest BCUT2D eigenvalue weighted by Gasteiger charge is -2.09. The summed E-state index contributed by atoms with van der Waals surface area (Å²) >= 11 is 0. The molecule has 3 rings (SSSR count). The van der Waals surface area contributed by atoms with Crippen LogP contribution in [0.2, 0.25) is 0 Å². The fourth-order valence-corrected chi connectivity index (χ4v) is 3.39. The van der Waals surface area contributed by atoms with Gasteiger partial charge >= 0.3 is 11.9 Å². The molecule has 0 amide bonds. The van der Waals surface area contributed by atoms with Gasteiger partial charge in [0.2, 0.25) is 0 Å². The molecule has 3 aromatic rings. The number of esters is 2. The Hall–Kier alpha value is -5.10. The fourth-order valence-electron chi connectivity index (χ4n) is 3.39. The standard InChI is InChI=1S/C34H34O6.C2H4/c1-25(2)33(35)39-23-7-5-21-37-31-17-13-29(14-18-31)27-9-11-28(12-10-27)30-15-19-32(20-16-30)38-22-6-8-24-40-34(36)26(3)4;1-2/h7-20,23-24H,1,3,5-6,21-22H2,2,4H3;1-2H2/b23-7+,24-8+;. The zero-order chi connectivity index (χ0) is 30.7. The molecule has 42 heavy (non-hydrogen) atoms. The Morgan fingerprint density at radius 3 is 1.14 bits per heavy atom. The lowest BCUT2D eigenvalue weighted by Crippen LogP contribution is -1.99. The SMILES string of the molecule is C=C.C=C(C)C(=O)O/C=C/CCOc1ccc(-c2ccc(-c3ccc(OCC/C=C/OC(=O)C(=C)C)cc3)cc2)cc1. The molecule has 0 aromatic heterocycles. The second-order valence-corrected chi connectivity index (χ2v) is 9.02. The first kappa shape index (κ1) is 33.1. The molecule has 0 bridgehead atoms. The number of hydrogen-bond donors (Lipinski definition) is 0. The molecular formula is C36H38O6. The lowest BCUT2D eigenvalue weighted by molar-refractivity contribution is -0.134. The summed E-state index contributed by atoms with van der Waals surface area (Å²) in [4.78, 5) is 22.6. The highest BCUT2D eigenvalue weighted by Gasteiger charge is 2.03. The van der Waals surface area contributed by atoms with Crippen LogP contribution >= 0.6 is 0 Å². The summed E-state index contributed by atoms with van der Waals surface area (Å²) in [6.07, 6.45) is 7.45. The molecule has 0 aliphatic carbocycles. The van der Waals surface area contributed by atoms with Gasteiger partial charge in [0, 0.05) is 24.0 Å². The topological polar surface area (TPSA) is 71.1 Å². The Balaban J connectivity index is 0.00000301. The average molecular weight is 567 g/mol. The fraction of sp³-hybridized carbons (Fsp3) is 0.167. The molecule has 0 spiro atoms. The zero-order valence-corrected chi connectivity index (χ0v) is 24.3. The minimum atomic E-state index is -0.438. The lowest BCUT2D eigenvalue weighted by atomic mass is 10.0. The van der Waals surface area contributed by atoms with E-state index in [2.05, 4.69) is 50.6 Å². The predicted octanol–water partition coefficient (Wildman–Crippen LogP) is 8.63. The minimum absolute atomic E-state index is 0.360. The average Bonchev–Trinajstić information content (AvgIpc) is 3.02. The molecule has 0 saturated heterocycles. The Bertz CT molecular complexity index is 1260. The molecule has 0 N–H and O–H groups in total. The highest BCUT2D eigenvalue weighted by molar-refractivity contribution is 5.87. The Morgan fingerprint density at radius 2 is 0.857 bits per heavy atom. The van der Waals surface area contributed by atoms with Crippen molar-refractivity contribution in [3.63, 3.8) is 0 Å². The van der Waals surface area contributed by atoms with E-state index in [-0.39, 0.29) is 0 Å². The van der Waals surface area contributed by atoms with Crippen LogP contribution < -0.4 is 9.47 Å². The van der Waals surface area contributed by atoms with E-state index in [0.29, 0.717) is 37.2 Å². The maximum Gasteiger partial charge on any atom is 0.337 e. The van der Waals surface area contributed by atoms with Crippen molar-refractivity contribution in [3.8, 4) is 33.8 Å². The van der Waals surface area contributed by atoms with Crippen LogP contribution in [0.4, 0.5) is 0 Å². The molecule has 218 valence electrons. The van der Waals surface area contributed by atoms with E-state index in [1.165, 1.54) is 12.5 Å². The maximum atomic E-state index is 11.3. The van der Waals surface area contributed by atoms with Crippen molar-refractivity contribution in [2.45, 2.75) is 26.7 Å². The van der Waals surface area contributed by atoms with E-state index in [4.69, 9.17) is 18.9 Å². The Morgan fingerprint density at radius 1 is 0.571 bits per heavy atom. The van der Waals surface area contributed by atoms with Crippen LogP contribution in [0, 0.1) is 0 Å². The van der Waals surface area contributed by atoms with Crippen molar-refractivity contribution < 1.29 is 28.5 Å². The van der Waals surface area contributed by atoms with Crippen LogP contribution in [0.5, 0.6) is 11.5 Å². The maximum absolute atomic E-state index is 11.3. The van der Waals surface area contributed by atoms with Crippen molar-refractivity contribution in [3.05, 3.63) is 135 Å². The van der Waals surface area contributed by atoms with Crippen molar-refractivity contribution >= 4 is 11.9 Å². The Kier molecular flexibility index (Phi) is 14.4. The third-order valence-corrected chi connectivity index (χ3v) is 5.61. The molecule has 3 aromatic carbocycles. The van der Waals surface area contributed by atoms with Gasteiger partial charge < -0.3 is 18.9 Å². The summed E-state index contributed by atoms with van der Waals surface area (Å²) in [6, 6.07) is 24.3. The molecular weight excluding hydrogens is 528 g/mol. The molecule has 0 atom stereocenters. The van der Waals surface area contributed by atoms with E-state index in [1.54, 1.807) is 26.0 Å². The van der Waals surface area contributed by atoms with Gasteiger partial charge in [0.25, 0.3) is 0 Å². The van der Waals surface area contributed by atoms with Gasteiger partial charge in [-0.25, -0.2) is 9.59 Å². The molecule has 0 heterocycles. The van der Waals surface area contributed by atoms with E-state index in [9.17, 15) is 9.59 Å². The van der Waals surface area contributed by atoms with Gasteiger partial charge in [-0.15, -0.1) is 13.2 Å². The van der Waals surface area contributed by atoms with Crippen LogP contribution in [0.3, 0.4) is 0 Å². The highest BCUT2D eigenvalue weighted by atomic mass is 16.5. The largest absolute Gasteiger partial charge is 0.493 e. The number of rotatable bonds is 14. The molecule has 0 saturated carbocycles. The Labute approximate surface area is 248 Å². The summed E-state index contributed by atoms with van der Waals surface area (Å²) in [7, 11) is 0. The highest BCUT2D eigenvalue weighted by Crippen LogP contribution is 2.27. The van der Waals surface area contributed by atoms with Gasteiger partial charge in [-0.3, -0.25) is 0 Å². The zero-order valence-electron chi connectivity index (χ0n) is 24.3. The summed E-state index contributed by atoms with van der Waals surface area (Å²) in [5.41, 5.74) is 5.13. The number of hydrogen-bond acceptors (Lipinski definition) is 6. The van der Waals surface area contributed by atoms with Crippen LogP contribution in [0.15, 0.2) is 135 Å². The van der Waals surface area contributed by atoms with Crippen molar-refractivity contribution in [2.75, 3.05) is 13.2 Å². The van der Waals surface area contributed by atoms with Gasteiger partial charge in [-0.2, -0.15) is 0 Å². The van der Waals surface area contributed by atoms with Gasteiger partial charge in [0.1, 0.15) is 11.5 Å².